The number of ether oxygens (including phenoxy) is 2. The second kappa shape index (κ2) is 24.6. The van der Waals surface area contributed by atoms with E-state index in [0.717, 1.165) is 0 Å². The second-order valence-electron chi connectivity index (χ2n) is 21.1. The number of nitrogens with one attached hydrogen (secondary N) is 5. The molecule has 6 amide bonds. The van der Waals surface area contributed by atoms with E-state index in [1.807, 2.05) is 41.5 Å². The third kappa shape index (κ3) is 17.5. The fraction of sp³-hybridized carbons (Fsp3) is 0.673. The van der Waals surface area contributed by atoms with Crippen LogP contribution in [0.25, 0.3) is 10.9 Å². The van der Waals surface area contributed by atoms with Crippen LogP contribution in [0.3, 0.4) is 0 Å². The van der Waals surface area contributed by atoms with Gasteiger partial charge in [-0.2, -0.15) is 0 Å². The molecule has 8 N–H and O–H groups in total. The number of amides is 6. The molecule has 1 aliphatic heterocycles. The summed E-state index contributed by atoms with van der Waals surface area (Å²) in [5.74, 6) is -5.16. The van der Waals surface area contributed by atoms with Gasteiger partial charge in [-0.1, -0.05) is 59.7 Å². The number of likely N-dealkylation sites (tertiary alicyclic amines) is 1. The molecule has 1 aliphatic rings. The van der Waals surface area contributed by atoms with Crippen molar-refractivity contribution in [1.82, 2.24) is 36.1 Å². The Morgan fingerprint density at radius 3 is 1.84 bits per heavy atom. The number of para-hydroxylation sites is 1. The van der Waals surface area contributed by atoms with Crippen LogP contribution < -0.4 is 32.3 Å². The highest BCUT2D eigenvalue weighted by atomic mass is 16.6. The minimum absolute atomic E-state index is 0.00630. The van der Waals surface area contributed by atoms with Crippen molar-refractivity contribution in [2.45, 2.75) is 182 Å². The van der Waals surface area contributed by atoms with Gasteiger partial charge in [-0.15, -0.1) is 0 Å². The molecule has 19 nitrogen and oxygen atoms in total. The van der Waals surface area contributed by atoms with Crippen LogP contribution in [-0.2, 0) is 49.5 Å². The second-order valence-corrected chi connectivity index (χ2v) is 21.1. The lowest BCUT2D eigenvalue weighted by Gasteiger charge is -2.35. The van der Waals surface area contributed by atoms with Crippen molar-refractivity contribution in [3.63, 3.8) is 0 Å². The SMILES string of the molecule is CC(C)C[C@H](NC(=O)[C@H](CC(C)C)NC(=O)[C@@H](N)CC(C)C)C(=O)N[C@H](C(=O)N1CCC[C@H]1C(=O)N[C@@H](Cc1cn(C(=O)OC(C)(C)C)c2ccccc12)C(=O)NCC(=O)O)[C@@H](C)OC(C)(C)C. The zero-order chi connectivity index (χ0) is 51.4. The van der Waals surface area contributed by atoms with E-state index in [-0.39, 0.29) is 50.0 Å². The van der Waals surface area contributed by atoms with Crippen molar-refractivity contribution in [3.05, 3.63) is 36.0 Å². The molecule has 0 radical (unpaired) electrons. The fourth-order valence-electron chi connectivity index (χ4n) is 8.17. The van der Waals surface area contributed by atoms with Gasteiger partial charge in [-0.05, 0) is 110 Å². The number of aromatic nitrogens is 1. The molecule has 380 valence electrons. The molecule has 1 saturated heterocycles. The maximum atomic E-state index is 14.8. The summed E-state index contributed by atoms with van der Waals surface area (Å²) in [6, 6.07) is 0.144. The Bertz CT molecular complexity index is 2100. The molecule has 0 spiro atoms. The van der Waals surface area contributed by atoms with Crippen molar-refractivity contribution in [3.8, 4) is 0 Å². The highest BCUT2D eigenvalue weighted by Gasteiger charge is 2.43. The number of rotatable bonds is 22. The standard InChI is InChI=1S/C49H78N8O11/c1-27(2)21-33(50)41(60)52-34(22-28(3)4)43(62)53-35(23-29(5)6)44(63)55-40(30(7)67-48(8,9)10)46(65)56-20-16-19-38(56)45(64)54-36(42(61)51-25-39(58)59)24-31-26-57(47(66)68-49(11,12)13)37-18-15-14-17-32(31)37/h14-15,17-18,26-30,33-36,38,40H,16,19-25,50H2,1-13H3,(H,51,61)(H,52,60)(H,53,62)(H,54,64)(H,55,63)(H,58,59)/t30-,33+,34+,35+,36+,38+,40+/m1/s1. The van der Waals surface area contributed by atoms with E-state index in [9.17, 15) is 43.5 Å². The third-order valence-corrected chi connectivity index (χ3v) is 11.0. The first-order chi connectivity index (χ1) is 31.5. The van der Waals surface area contributed by atoms with E-state index in [1.54, 1.807) is 72.7 Å². The summed E-state index contributed by atoms with van der Waals surface area (Å²) in [6.07, 6.45) is 1.19. The minimum atomic E-state index is -1.36. The van der Waals surface area contributed by atoms with Crippen LogP contribution in [0.4, 0.5) is 4.79 Å². The van der Waals surface area contributed by atoms with Crippen LogP contribution in [-0.4, -0.2) is 129 Å². The number of fused-ring (bicyclic) bond motifs is 1. The Labute approximate surface area is 401 Å². The lowest BCUT2D eigenvalue weighted by molar-refractivity contribution is -0.149. The van der Waals surface area contributed by atoms with Gasteiger partial charge in [-0.25, -0.2) is 4.79 Å². The highest BCUT2D eigenvalue weighted by molar-refractivity contribution is 5.98. The van der Waals surface area contributed by atoms with Crippen molar-refractivity contribution >= 4 is 58.4 Å². The van der Waals surface area contributed by atoms with Crippen LogP contribution in [0.15, 0.2) is 30.5 Å². The van der Waals surface area contributed by atoms with Gasteiger partial charge in [0.15, 0.2) is 0 Å². The fourth-order valence-corrected chi connectivity index (χ4v) is 8.17. The minimum Gasteiger partial charge on any atom is -0.480 e. The molecule has 0 aliphatic carbocycles. The van der Waals surface area contributed by atoms with Gasteiger partial charge in [-0.3, -0.25) is 38.1 Å². The normalized spacial score (nSPS) is 17.0. The number of carbonyl (C=O) groups excluding carboxylic acids is 7. The quantitative estimate of drug-likeness (QED) is 0.0890. The number of carboxylic acid groups (broad SMARTS) is 1. The molecule has 19 heteroatoms. The Morgan fingerprint density at radius 2 is 1.29 bits per heavy atom. The van der Waals surface area contributed by atoms with Gasteiger partial charge in [0.25, 0.3) is 0 Å². The summed E-state index contributed by atoms with van der Waals surface area (Å²) in [7, 11) is 0. The number of carbonyl (C=O) groups is 8. The summed E-state index contributed by atoms with van der Waals surface area (Å²) < 4.78 is 13.2. The van der Waals surface area contributed by atoms with Gasteiger partial charge in [0, 0.05) is 24.5 Å². The molecule has 7 atom stereocenters. The van der Waals surface area contributed by atoms with Crippen molar-refractivity contribution in [2.75, 3.05) is 13.1 Å². The smallest absolute Gasteiger partial charge is 0.419 e. The molecular formula is C49H78N8O11. The molecule has 0 saturated carbocycles. The Morgan fingerprint density at radius 1 is 0.735 bits per heavy atom. The predicted octanol–water partition coefficient (Wildman–Crippen LogP) is 3.77. The molecule has 1 aromatic heterocycles. The first kappa shape index (κ1) is 56.8. The lowest BCUT2D eigenvalue weighted by atomic mass is 9.98. The topological polar surface area (TPSA) is 270 Å². The molecule has 68 heavy (non-hydrogen) atoms. The molecule has 2 heterocycles. The van der Waals surface area contributed by atoms with Gasteiger partial charge >= 0.3 is 12.1 Å². The zero-order valence-electron chi connectivity index (χ0n) is 42.3. The Hall–Kier alpha value is -5.56. The summed E-state index contributed by atoms with van der Waals surface area (Å²) >= 11 is 0. The Balaban J connectivity index is 1.96. The van der Waals surface area contributed by atoms with Crippen LogP contribution >= 0.6 is 0 Å². The number of hydrogen-bond donors (Lipinski definition) is 7. The summed E-state index contributed by atoms with van der Waals surface area (Å²) in [5, 5.41) is 23.5. The largest absolute Gasteiger partial charge is 0.480 e. The van der Waals surface area contributed by atoms with E-state index in [0.29, 0.717) is 29.3 Å². The van der Waals surface area contributed by atoms with E-state index >= 15 is 0 Å². The maximum Gasteiger partial charge on any atom is 0.419 e. The van der Waals surface area contributed by atoms with Crippen molar-refractivity contribution < 1.29 is 52.9 Å². The van der Waals surface area contributed by atoms with Crippen LogP contribution in [0.1, 0.15) is 128 Å². The first-order valence-corrected chi connectivity index (χ1v) is 23.7. The van der Waals surface area contributed by atoms with Gasteiger partial charge in [0.2, 0.25) is 35.4 Å². The molecule has 1 fully saturated rings. The summed E-state index contributed by atoms with van der Waals surface area (Å²) in [6.45, 7) is 23.0. The predicted molar refractivity (Wildman–Crippen MR) is 257 cm³/mol. The first-order valence-electron chi connectivity index (χ1n) is 23.7. The van der Waals surface area contributed by atoms with Gasteiger partial charge in [0.05, 0.1) is 23.3 Å². The average Bonchev–Trinajstić information content (AvgIpc) is 3.85. The molecular weight excluding hydrogens is 877 g/mol. The van der Waals surface area contributed by atoms with Crippen LogP contribution in [0, 0.1) is 17.8 Å². The van der Waals surface area contributed by atoms with Gasteiger partial charge < -0.3 is 51.8 Å². The maximum absolute atomic E-state index is 14.8. The van der Waals surface area contributed by atoms with Crippen LogP contribution in [0.5, 0.6) is 0 Å². The number of hydrogen-bond acceptors (Lipinski definition) is 11. The van der Waals surface area contributed by atoms with E-state index < -0.39 is 108 Å². The number of benzene rings is 1. The van der Waals surface area contributed by atoms with Crippen molar-refractivity contribution in [1.29, 1.82) is 0 Å². The van der Waals surface area contributed by atoms with E-state index in [2.05, 4.69) is 26.6 Å². The van der Waals surface area contributed by atoms with E-state index in [4.69, 9.17) is 15.2 Å². The number of carboxylic acids is 1. The van der Waals surface area contributed by atoms with Gasteiger partial charge in [0.1, 0.15) is 42.4 Å². The highest BCUT2D eigenvalue weighted by Crippen LogP contribution is 2.26. The molecule has 3 rings (SSSR count). The molecule has 1 aromatic carbocycles. The molecule has 0 unspecified atom stereocenters. The molecule has 2 aromatic rings. The van der Waals surface area contributed by atoms with E-state index in [1.165, 1.54) is 15.7 Å². The Kier molecular flexibility index (Phi) is 20.6. The van der Waals surface area contributed by atoms with Crippen molar-refractivity contribution in [2.24, 2.45) is 23.5 Å². The monoisotopic (exact) mass is 955 g/mol. The lowest BCUT2D eigenvalue weighted by Crippen LogP contribution is -2.62. The third-order valence-electron chi connectivity index (χ3n) is 11.0. The average molecular weight is 955 g/mol. The number of nitrogens with two attached hydrogens (primary N) is 1. The summed E-state index contributed by atoms with van der Waals surface area (Å²) in [4.78, 5) is 110. The summed E-state index contributed by atoms with van der Waals surface area (Å²) in [5.41, 5.74) is 5.52. The molecule has 0 bridgehead atoms. The van der Waals surface area contributed by atoms with Crippen LogP contribution in [0.2, 0.25) is 0 Å². The number of nitrogens with zero attached hydrogens (tertiary/aromatic N) is 2. The number of aliphatic carboxylic acids is 1. The zero-order valence-corrected chi connectivity index (χ0v) is 42.3.